The third kappa shape index (κ3) is 7.77. The molecule has 1 rings (SSSR count). The van der Waals surface area contributed by atoms with Crippen LogP contribution in [0, 0.1) is 6.92 Å². The van der Waals surface area contributed by atoms with E-state index in [9.17, 15) is 0 Å². The van der Waals surface area contributed by atoms with Gasteiger partial charge >= 0.3 is 148 Å². The summed E-state index contributed by atoms with van der Waals surface area (Å²) >= 11 is 0.240. The van der Waals surface area contributed by atoms with E-state index in [4.69, 9.17) is 0 Å². The first kappa shape index (κ1) is 20.4. The summed E-state index contributed by atoms with van der Waals surface area (Å²) in [7, 11) is 0. The first-order chi connectivity index (χ1) is 10.7. The van der Waals surface area contributed by atoms with Gasteiger partial charge in [-0.05, 0) is 0 Å². The monoisotopic (exact) mass is 428 g/mol. The molecular formula is C20H36SSn. The van der Waals surface area contributed by atoms with Gasteiger partial charge < -0.3 is 0 Å². The molecule has 0 fully saturated rings. The van der Waals surface area contributed by atoms with E-state index in [0.717, 1.165) is 0 Å². The molecule has 1 aromatic carbocycles. The Bertz CT molecular complexity index is 363. The van der Waals surface area contributed by atoms with Crippen LogP contribution in [-0.2, 0) is 0 Å². The van der Waals surface area contributed by atoms with Crippen molar-refractivity contribution in [1.29, 1.82) is 0 Å². The Morgan fingerprint density at radius 3 is 1.64 bits per heavy atom. The van der Waals surface area contributed by atoms with Crippen LogP contribution in [0.15, 0.2) is 29.2 Å². The molecule has 2 heteroatoms. The van der Waals surface area contributed by atoms with Crippen LogP contribution in [0.1, 0.15) is 64.9 Å². The van der Waals surface area contributed by atoms with Gasteiger partial charge in [0.2, 0.25) is 0 Å². The Balaban J connectivity index is 2.72. The zero-order valence-corrected chi connectivity index (χ0v) is 19.0. The van der Waals surface area contributed by atoms with Crippen molar-refractivity contribution in [2.24, 2.45) is 0 Å². The minimum absolute atomic E-state index is 1.38. The summed E-state index contributed by atoms with van der Waals surface area (Å²) in [6.45, 7) is 9.28. The Morgan fingerprint density at radius 2 is 1.23 bits per heavy atom. The van der Waals surface area contributed by atoms with Crippen molar-refractivity contribution in [3.63, 3.8) is 0 Å². The molecular weight excluding hydrogens is 391 g/mol. The third-order valence-corrected chi connectivity index (χ3v) is 24.7. The summed E-state index contributed by atoms with van der Waals surface area (Å²) in [5, 5.41) is 0. The van der Waals surface area contributed by atoms with Crippen LogP contribution in [0.25, 0.3) is 0 Å². The molecule has 0 spiro atoms. The summed E-state index contributed by atoms with van der Waals surface area (Å²) in [5.74, 6) is 0. The molecule has 0 atom stereocenters. The number of hydrogen-bond acceptors (Lipinski definition) is 1. The van der Waals surface area contributed by atoms with E-state index in [1.165, 1.54) is 52.8 Å². The molecule has 0 amide bonds. The molecule has 0 aliphatic carbocycles. The molecule has 0 radical (unpaired) electrons. The molecule has 0 bridgehead atoms. The van der Waals surface area contributed by atoms with E-state index in [1.807, 2.05) is 0 Å². The van der Waals surface area contributed by atoms with Gasteiger partial charge in [-0.15, -0.1) is 0 Å². The van der Waals surface area contributed by atoms with Gasteiger partial charge in [0.15, 0.2) is 0 Å². The van der Waals surface area contributed by atoms with Crippen molar-refractivity contribution < 1.29 is 0 Å². The maximum absolute atomic E-state index is 2.36. The third-order valence-electron chi connectivity index (χ3n) is 4.75. The van der Waals surface area contributed by atoms with Gasteiger partial charge in [0.05, 0.1) is 0 Å². The van der Waals surface area contributed by atoms with Gasteiger partial charge in [0.25, 0.3) is 0 Å². The van der Waals surface area contributed by atoms with Crippen LogP contribution in [0.3, 0.4) is 0 Å². The molecule has 0 saturated carbocycles. The standard InChI is InChI=1S/C8H9S.3C4H9.Sn/c1-7-3-5-8(9-2)6-4-7;3*1-3-4-2;/h3-6H,2H2,1H3;3*1,3-4H2,2H3;. The van der Waals surface area contributed by atoms with Crippen LogP contribution in [0.4, 0.5) is 0 Å². The van der Waals surface area contributed by atoms with Crippen molar-refractivity contribution in [2.45, 2.75) is 84.4 Å². The molecule has 0 heterocycles. The summed E-state index contributed by atoms with van der Waals surface area (Å²) in [6.07, 6.45) is 8.60. The number of hydrogen-bond donors (Lipinski definition) is 0. The second-order valence-corrected chi connectivity index (χ2v) is 23.3. The predicted molar refractivity (Wildman–Crippen MR) is 107 cm³/mol. The normalized spacial score (nSPS) is 11.8. The van der Waals surface area contributed by atoms with Crippen LogP contribution < -0.4 is 0 Å². The Morgan fingerprint density at radius 1 is 0.773 bits per heavy atom. The van der Waals surface area contributed by atoms with E-state index >= 15 is 0 Å². The molecule has 126 valence electrons. The summed E-state index contributed by atoms with van der Waals surface area (Å²) < 4.78 is 6.40. The van der Waals surface area contributed by atoms with E-state index < -0.39 is 18.4 Å². The van der Waals surface area contributed by atoms with E-state index in [-0.39, 0.29) is 0 Å². The fourth-order valence-electron chi connectivity index (χ4n) is 3.12. The molecule has 0 aromatic heterocycles. The first-order valence-electron chi connectivity index (χ1n) is 9.35. The van der Waals surface area contributed by atoms with Gasteiger partial charge in [-0.25, -0.2) is 0 Å². The molecule has 0 N–H and O–H groups in total. The zero-order valence-electron chi connectivity index (χ0n) is 15.3. The van der Waals surface area contributed by atoms with Crippen molar-refractivity contribution in [1.82, 2.24) is 0 Å². The average molecular weight is 427 g/mol. The number of rotatable bonds is 12. The summed E-state index contributed by atoms with van der Waals surface area (Å²) in [5.41, 5.74) is 1.38. The molecule has 0 aliphatic rings. The van der Waals surface area contributed by atoms with Gasteiger partial charge in [-0.2, -0.15) is 0 Å². The van der Waals surface area contributed by atoms with Crippen molar-refractivity contribution in [3.05, 3.63) is 29.8 Å². The van der Waals surface area contributed by atoms with Gasteiger partial charge in [0, 0.05) is 0 Å². The number of thioether (sulfide) groups is 1. The fraction of sp³-hybridized carbons (Fsp3) is 0.700. The molecule has 0 nitrogen and oxygen atoms in total. The summed E-state index contributed by atoms with van der Waals surface area (Å²) in [4.78, 5) is 1.50. The van der Waals surface area contributed by atoms with E-state index in [2.05, 4.69) is 63.7 Å². The zero-order chi connectivity index (χ0) is 16.3. The second-order valence-electron chi connectivity index (χ2n) is 6.91. The van der Waals surface area contributed by atoms with E-state index in [0.29, 0.717) is 0 Å². The molecule has 0 saturated heterocycles. The van der Waals surface area contributed by atoms with Crippen molar-refractivity contribution >= 4 is 30.1 Å². The molecule has 1 aromatic rings. The van der Waals surface area contributed by atoms with Crippen LogP contribution in [0.2, 0.25) is 13.3 Å². The predicted octanol–water partition coefficient (Wildman–Crippen LogP) is 7.48. The topological polar surface area (TPSA) is 0 Å². The van der Waals surface area contributed by atoms with Crippen molar-refractivity contribution in [2.75, 3.05) is 3.77 Å². The van der Waals surface area contributed by atoms with E-state index in [1.54, 1.807) is 13.3 Å². The quantitative estimate of drug-likeness (QED) is 0.246. The van der Waals surface area contributed by atoms with Crippen LogP contribution in [0.5, 0.6) is 0 Å². The number of unbranched alkanes of at least 4 members (excludes halogenated alkanes) is 3. The summed E-state index contributed by atoms with van der Waals surface area (Å²) in [6, 6.07) is 9.19. The molecule has 0 aliphatic heterocycles. The maximum atomic E-state index is 2.36. The number of aryl methyl sites for hydroxylation is 1. The van der Waals surface area contributed by atoms with Crippen molar-refractivity contribution in [3.8, 4) is 0 Å². The Hall–Kier alpha value is 0.369. The SMILES string of the molecule is CCC[CH2][Sn]([CH2]CCC)([CH2]CCC)[CH2]Sc1ccc(C)cc1. The fourth-order valence-corrected chi connectivity index (χ4v) is 23.7. The Labute approximate surface area is 147 Å². The molecule has 0 unspecified atom stereocenters. The van der Waals surface area contributed by atoms with Crippen LogP contribution >= 0.6 is 11.8 Å². The number of benzene rings is 1. The first-order valence-corrected chi connectivity index (χ1v) is 18.4. The van der Waals surface area contributed by atoms with Gasteiger partial charge in [0.1, 0.15) is 0 Å². The van der Waals surface area contributed by atoms with Gasteiger partial charge in [-0.3, -0.25) is 0 Å². The minimum atomic E-state index is -1.94. The van der Waals surface area contributed by atoms with Crippen LogP contribution in [-0.4, -0.2) is 22.1 Å². The average Bonchev–Trinajstić information content (AvgIpc) is 2.55. The second kappa shape index (κ2) is 11.8. The van der Waals surface area contributed by atoms with Gasteiger partial charge in [-0.1, -0.05) is 0 Å². The molecule has 22 heavy (non-hydrogen) atoms. The Kier molecular flexibility index (Phi) is 11.0.